The second kappa shape index (κ2) is 8.05. The molecular weight excluding hydrogens is 346 g/mol. The van der Waals surface area contributed by atoms with E-state index in [9.17, 15) is 14.4 Å². The van der Waals surface area contributed by atoms with Crippen molar-refractivity contribution >= 4 is 17.7 Å². The summed E-state index contributed by atoms with van der Waals surface area (Å²) >= 11 is 0. The number of aromatic nitrogens is 1. The van der Waals surface area contributed by atoms with Crippen molar-refractivity contribution in [3.05, 3.63) is 89.7 Å². The first-order chi connectivity index (χ1) is 13.1. The molecule has 0 atom stereocenters. The summed E-state index contributed by atoms with van der Waals surface area (Å²) in [6.45, 7) is 1.39. The Balaban J connectivity index is 1.85. The molecule has 1 heterocycles. The molecule has 0 unspecified atom stereocenters. The Morgan fingerprint density at radius 3 is 1.96 bits per heavy atom. The Labute approximate surface area is 155 Å². The van der Waals surface area contributed by atoms with Crippen molar-refractivity contribution < 1.29 is 23.9 Å². The highest BCUT2D eigenvalue weighted by atomic mass is 16.5. The van der Waals surface area contributed by atoms with Gasteiger partial charge in [0, 0.05) is 12.4 Å². The summed E-state index contributed by atoms with van der Waals surface area (Å²) in [7, 11) is 0. The number of carbonyl (C=O) groups is 3. The minimum atomic E-state index is -0.738. The highest BCUT2D eigenvalue weighted by Gasteiger charge is 2.19. The van der Waals surface area contributed by atoms with Gasteiger partial charge in [-0.05, 0) is 43.3 Å². The first-order valence-corrected chi connectivity index (χ1v) is 8.09. The second-order valence-corrected chi connectivity index (χ2v) is 5.57. The van der Waals surface area contributed by atoms with Crippen LogP contribution in [0.5, 0.6) is 11.5 Å². The van der Waals surface area contributed by atoms with E-state index in [0.29, 0.717) is 0 Å². The molecule has 134 valence electrons. The number of esters is 2. The third-order valence-electron chi connectivity index (χ3n) is 3.68. The van der Waals surface area contributed by atoms with E-state index >= 15 is 0 Å². The lowest BCUT2D eigenvalue weighted by Crippen LogP contribution is -2.15. The summed E-state index contributed by atoms with van der Waals surface area (Å²) in [6.07, 6.45) is 2.90. The lowest BCUT2D eigenvalue weighted by atomic mass is 10.1. The molecule has 1 aromatic heterocycles. The number of Topliss-reactive ketones (excluding diaryl/α,β-unsaturated/α-hetero) is 1. The molecule has 6 nitrogen and oxygen atoms in total. The smallest absolute Gasteiger partial charge is 0.347 e. The Kier molecular flexibility index (Phi) is 5.37. The van der Waals surface area contributed by atoms with Gasteiger partial charge in [0.1, 0.15) is 17.1 Å². The van der Waals surface area contributed by atoms with Gasteiger partial charge >= 0.3 is 11.9 Å². The summed E-state index contributed by atoms with van der Waals surface area (Å²) in [4.78, 5) is 40.4. The summed E-state index contributed by atoms with van der Waals surface area (Å²) in [6, 6.07) is 15.8. The standard InChI is InChI=1S/C21H15NO5/c1-14(23)16-8-2-4-10-18(16)27-21(25)17-9-3-5-11-19(17)26-20(24)15-7-6-12-22-13-15/h2-13H,1H3. The Hall–Kier alpha value is -3.80. The Morgan fingerprint density at radius 2 is 1.33 bits per heavy atom. The van der Waals surface area contributed by atoms with Gasteiger partial charge < -0.3 is 9.47 Å². The molecule has 0 radical (unpaired) electrons. The molecular formula is C21H15NO5. The van der Waals surface area contributed by atoms with E-state index in [1.165, 1.54) is 37.5 Å². The van der Waals surface area contributed by atoms with E-state index in [2.05, 4.69) is 4.98 Å². The Morgan fingerprint density at radius 1 is 0.741 bits per heavy atom. The predicted octanol–water partition coefficient (Wildman–Crippen LogP) is 3.72. The highest BCUT2D eigenvalue weighted by Crippen LogP contribution is 2.24. The fourth-order valence-corrected chi connectivity index (χ4v) is 2.37. The van der Waals surface area contributed by atoms with Crippen LogP contribution >= 0.6 is 0 Å². The molecule has 0 amide bonds. The van der Waals surface area contributed by atoms with Crippen LogP contribution in [0.25, 0.3) is 0 Å². The summed E-state index contributed by atoms with van der Waals surface area (Å²) in [5, 5.41) is 0. The van der Waals surface area contributed by atoms with E-state index in [1.807, 2.05) is 0 Å². The molecule has 0 saturated heterocycles. The normalized spacial score (nSPS) is 10.1. The maximum Gasteiger partial charge on any atom is 0.347 e. The number of hydrogen-bond donors (Lipinski definition) is 0. The second-order valence-electron chi connectivity index (χ2n) is 5.57. The van der Waals surface area contributed by atoms with Gasteiger partial charge in [-0.2, -0.15) is 0 Å². The third-order valence-corrected chi connectivity index (χ3v) is 3.68. The fraction of sp³-hybridized carbons (Fsp3) is 0.0476. The molecule has 2 aromatic carbocycles. The van der Waals surface area contributed by atoms with Crippen molar-refractivity contribution in [2.75, 3.05) is 0 Å². The largest absolute Gasteiger partial charge is 0.422 e. The number of benzene rings is 2. The molecule has 3 aromatic rings. The van der Waals surface area contributed by atoms with Crippen molar-refractivity contribution in [3.8, 4) is 11.5 Å². The summed E-state index contributed by atoms with van der Waals surface area (Å²) < 4.78 is 10.7. The lowest BCUT2D eigenvalue weighted by molar-refractivity contribution is 0.0706. The van der Waals surface area contributed by atoms with Gasteiger partial charge in [0.05, 0.1) is 11.1 Å². The number of pyridine rings is 1. The summed E-state index contributed by atoms with van der Waals surface area (Å²) in [5.74, 6) is -1.42. The zero-order valence-electron chi connectivity index (χ0n) is 14.4. The number of ether oxygens (including phenoxy) is 2. The molecule has 0 saturated carbocycles. The average Bonchev–Trinajstić information content (AvgIpc) is 2.69. The van der Waals surface area contributed by atoms with Crippen molar-refractivity contribution in [2.24, 2.45) is 0 Å². The highest BCUT2D eigenvalue weighted by molar-refractivity contribution is 6.00. The van der Waals surface area contributed by atoms with Crippen LogP contribution in [0.15, 0.2) is 73.1 Å². The van der Waals surface area contributed by atoms with Gasteiger partial charge in [-0.15, -0.1) is 0 Å². The first kappa shape index (κ1) is 18.0. The van der Waals surface area contributed by atoms with E-state index in [0.717, 1.165) is 0 Å². The van der Waals surface area contributed by atoms with Crippen molar-refractivity contribution in [1.29, 1.82) is 0 Å². The number of nitrogens with zero attached hydrogens (tertiary/aromatic N) is 1. The minimum Gasteiger partial charge on any atom is -0.422 e. The zero-order chi connectivity index (χ0) is 19.2. The van der Waals surface area contributed by atoms with E-state index in [4.69, 9.17) is 9.47 Å². The van der Waals surface area contributed by atoms with Crippen LogP contribution in [0.4, 0.5) is 0 Å². The molecule has 3 rings (SSSR count). The third kappa shape index (κ3) is 4.24. The average molecular weight is 361 g/mol. The van der Waals surface area contributed by atoms with Crippen molar-refractivity contribution in [2.45, 2.75) is 6.92 Å². The molecule has 27 heavy (non-hydrogen) atoms. The molecule has 0 aliphatic heterocycles. The van der Waals surface area contributed by atoms with Crippen LogP contribution in [0, 0.1) is 0 Å². The van der Waals surface area contributed by atoms with Gasteiger partial charge in [0.2, 0.25) is 0 Å². The van der Waals surface area contributed by atoms with Crippen LogP contribution < -0.4 is 9.47 Å². The lowest BCUT2D eigenvalue weighted by Gasteiger charge is -2.11. The molecule has 0 aliphatic rings. The fourth-order valence-electron chi connectivity index (χ4n) is 2.37. The number of rotatable bonds is 5. The molecule has 6 heteroatoms. The SMILES string of the molecule is CC(=O)c1ccccc1OC(=O)c1ccccc1OC(=O)c1cccnc1. The van der Waals surface area contributed by atoms with Gasteiger partial charge in [0.25, 0.3) is 0 Å². The van der Waals surface area contributed by atoms with Crippen LogP contribution in [0.2, 0.25) is 0 Å². The van der Waals surface area contributed by atoms with Gasteiger partial charge in [0.15, 0.2) is 5.78 Å². The molecule has 0 bridgehead atoms. The van der Waals surface area contributed by atoms with Gasteiger partial charge in [-0.25, -0.2) is 9.59 Å². The predicted molar refractivity (Wildman–Crippen MR) is 97.0 cm³/mol. The maximum absolute atomic E-state index is 12.6. The topological polar surface area (TPSA) is 82.6 Å². The molecule has 0 aliphatic carbocycles. The van der Waals surface area contributed by atoms with Crippen LogP contribution in [0.3, 0.4) is 0 Å². The Bertz CT molecular complexity index is 998. The number of hydrogen-bond acceptors (Lipinski definition) is 6. The van der Waals surface area contributed by atoms with E-state index < -0.39 is 11.9 Å². The molecule has 0 N–H and O–H groups in total. The first-order valence-electron chi connectivity index (χ1n) is 8.09. The van der Waals surface area contributed by atoms with Crippen LogP contribution in [-0.2, 0) is 0 Å². The maximum atomic E-state index is 12.6. The summed E-state index contributed by atoms with van der Waals surface area (Å²) in [5.41, 5.74) is 0.603. The zero-order valence-corrected chi connectivity index (χ0v) is 14.4. The van der Waals surface area contributed by atoms with Crippen molar-refractivity contribution in [1.82, 2.24) is 4.98 Å². The quantitative estimate of drug-likeness (QED) is 0.391. The van der Waals surface area contributed by atoms with E-state index in [-0.39, 0.29) is 34.0 Å². The number of para-hydroxylation sites is 2. The molecule has 0 spiro atoms. The molecule has 0 fully saturated rings. The van der Waals surface area contributed by atoms with Gasteiger partial charge in [-0.1, -0.05) is 24.3 Å². The number of carbonyl (C=O) groups excluding carboxylic acids is 3. The van der Waals surface area contributed by atoms with Crippen molar-refractivity contribution in [3.63, 3.8) is 0 Å². The number of ketones is 1. The van der Waals surface area contributed by atoms with E-state index in [1.54, 1.807) is 42.5 Å². The monoisotopic (exact) mass is 361 g/mol. The minimum absolute atomic E-state index is 0.0525. The van der Waals surface area contributed by atoms with Crippen LogP contribution in [-0.4, -0.2) is 22.7 Å². The van der Waals surface area contributed by atoms with Crippen LogP contribution in [0.1, 0.15) is 38.0 Å². The van der Waals surface area contributed by atoms with Gasteiger partial charge in [-0.3, -0.25) is 9.78 Å².